The molecule has 1 saturated heterocycles. The van der Waals surface area contributed by atoms with Gasteiger partial charge in [0.15, 0.2) is 9.84 Å². The highest BCUT2D eigenvalue weighted by molar-refractivity contribution is 9.10. The lowest BCUT2D eigenvalue weighted by Gasteiger charge is -2.29. The summed E-state index contributed by atoms with van der Waals surface area (Å²) in [6.45, 7) is 2.41. The van der Waals surface area contributed by atoms with Gasteiger partial charge < -0.3 is 4.90 Å². The molecule has 0 aromatic heterocycles. The van der Waals surface area contributed by atoms with Gasteiger partial charge in [0.25, 0.3) is 5.91 Å². The number of hydrogen-bond acceptors (Lipinski definition) is 3. The number of halogens is 1. The molecule has 0 bridgehead atoms. The van der Waals surface area contributed by atoms with E-state index in [4.69, 9.17) is 0 Å². The first-order valence-electron chi connectivity index (χ1n) is 8.17. The van der Waals surface area contributed by atoms with Crippen LogP contribution in [-0.4, -0.2) is 36.8 Å². The van der Waals surface area contributed by atoms with Crippen molar-refractivity contribution >= 4 is 31.7 Å². The van der Waals surface area contributed by atoms with E-state index in [0.717, 1.165) is 15.6 Å². The maximum atomic E-state index is 13.1. The largest absolute Gasteiger partial charge is 0.330 e. The molecule has 0 saturated carbocycles. The first-order chi connectivity index (χ1) is 11.9. The standard InChI is InChI=1S/C19H20BrNO3S/c1-14-6-8-15(9-7-14)12-21(16-10-11-25(23,24)13-16)19(22)17-4-2-3-5-18(17)20/h2-9,16H,10-13H2,1H3/t16-/m0/s1. The van der Waals surface area contributed by atoms with Gasteiger partial charge in [-0.3, -0.25) is 4.79 Å². The number of aryl methyl sites for hydroxylation is 1. The Hall–Kier alpha value is -1.66. The van der Waals surface area contributed by atoms with Gasteiger partial charge in [-0.05, 0) is 47.0 Å². The minimum atomic E-state index is -3.07. The van der Waals surface area contributed by atoms with Crippen LogP contribution in [-0.2, 0) is 16.4 Å². The molecule has 132 valence electrons. The van der Waals surface area contributed by atoms with Crippen LogP contribution in [0.5, 0.6) is 0 Å². The fraction of sp³-hybridized carbons (Fsp3) is 0.316. The summed E-state index contributed by atoms with van der Waals surface area (Å²) < 4.78 is 24.6. The molecule has 4 nitrogen and oxygen atoms in total. The molecular formula is C19H20BrNO3S. The molecule has 0 aliphatic carbocycles. The molecule has 1 fully saturated rings. The number of carbonyl (C=O) groups is 1. The van der Waals surface area contributed by atoms with Crippen LogP contribution < -0.4 is 0 Å². The fourth-order valence-electron chi connectivity index (χ4n) is 3.07. The van der Waals surface area contributed by atoms with Crippen molar-refractivity contribution in [2.24, 2.45) is 0 Å². The summed E-state index contributed by atoms with van der Waals surface area (Å²) in [7, 11) is -3.07. The molecule has 0 unspecified atom stereocenters. The average Bonchev–Trinajstić information content (AvgIpc) is 2.94. The van der Waals surface area contributed by atoms with E-state index in [1.54, 1.807) is 11.0 Å². The van der Waals surface area contributed by atoms with Crippen LogP contribution in [0.4, 0.5) is 0 Å². The number of amides is 1. The van der Waals surface area contributed by atoms with E-state index in [9.17, 15) is 13.2 Å². The quantitative estimate of drug-likeness (QED) is 0.757. The summed E-state index contributed by atoms with van der Waals surface area (Å²) in [5.74, 6) is 0.0375. The molecule has 0 radical (unpaired) electrons. The zero-order valence-electron chi connectivity index (χ0n) is 14.0. The molecule has 1 heterocycles. The van der Waals surface area contributed by atoms with Crippen LogP contribution in [0, 0.1) is 6.92 Å². The van der Waals surface area contributed by atoms with E-state index < -0.39 is 9.84 Å². The van der Waals surface area contributed by atoms with Gasteiger partial charge in [0, 0.05) is 17.1 Å². The predicted molar refractivity (Wildman–Crippen MR) is 102 cm³/mol. The lowest BCUT2D eigenvalue weighted by atomic mass is 10.1. The zero-order chi connectivity index (χ0) is 18.0. The molecule has 3 rings (SSSR count). The van der Waals surface area contributed by atoms with Crippen LogP contribution in [0.1, 0.15) is 27.9 Å². The van der Waals surface area contributed by atoms with E-state index in [-0.39, 0.29) is 23.5 Å². The summed E-state index contributed by atoms with van der Waals surface area (Å²) in [6.07, 6.45) is 0.490. The summed E-state index contributed by atoms with van der Waals surface area (Å²) in [4.78, 5) is 14.8. The highest BCUT2D eigenvalue weighted by atomic mass is 79.9. The minimum Gasteiger partial charge on any atom is -0.330 e. The van der Waals surface area contributed by atoms with Crippen molar-refractivity contribution in [1.82, 2.24) is 4.90 Å². The predicted octanol–water partition coefficient (Wildman–Crippen LogP) is 3.59. The Balaban J connectivity index is 1.92. The smallest absolute Gasteiger partial charge is 0.255 e. The van der Waals surface area contributed by atoms with Crippen molar-refractivity contribution in [2.75, 3.05) is 11.5 Å². The van der Waals surface area contributed by atoms with Gasteiger partial charge in [0.2, 0.25) is 0 Å². The molecule has 2 aromatic rings. The monoisotopic (exact) mass is 421 g/mol. The molecule has 0 spiro atoms. The van der Waals surface area contributed by atoms with Crippen LogP contribution in [0.15, 0.2) is 53.0 Å². The first kappa shape index (κ1) is 18.1. The second-order valence-corrected chi connectivity index (χ2v) is 9.54. The van der Waals surface area contributed by atoms with Gasteiger partial charge in [-0.2, -0.15) is 0 Å². The number of sulfone groups is 1. The van der Waals surface area contributed by atoms with Crippen LogP contribution >= 0.6 is 15.9 Å². The molecule has 2 aromatic carbocycles. The zero-order valence-corrected chi connectivity index (χ0v) is 16.4. The van der Waals surface area contributed by atoms with Gasteiger partial charge in [-0.1, -0.05) is 42.0 Å². The molecule has 1 amide bonds. The number of hydrogen-bond donors (Lipinski definition) is 0. The molecule has 25 heavy (non-hydrogen) atoms. The third-order valence-corrected chi connectivity index (χ3v) is 6.93. The third-order valence-electron chi connectivity index (χ3n) is 4.49. The molecule has 6 heteroatoms. The Morgan fingerprint density at radius 1 is 1.16 bits per heavy atom. The maximum Gasteiger partial charge on any atom is 0.255 e. The van der Waals surface area contributed by atoms with E-state index in [1.165, 1.54) is 0 Å². The van der Waals surface area contributed by atoms with E-state index in [1.807, 2.05) is 49.4 Å². The summed E-state index contributed by atoms with van der Waals surface area (Å²) in [5, 5.41) is 0. The molecule has 1 atom stereocenters. The lowest BCUT2D eigenvalue weighted by Crippen LogP contribution is -2.40. The van der Waals surface area contributed by atoms with Crippen molar-refractivity contribution < 1.29 is 13.2 Å². The molecular weight excluding hydrogens is 402 g/mol. The van der Waals surface area contributed by atoms with Crippen molar-refractivity contribution in [3.8, 4) is 0 Å². The fourth-order valence-corrected chi connectivity index (χ4v) is 5.25. The first-order valence-corrected chi connectivity index (χ1v) is 10.8. The van der Waals surface area contributed by atoms with Crippen LogP contribution in [0.2, 0.25) is 0 Å². The van der Waals surface area contributed by atoms with E-state index >= 15 is 0 Å². The summed E-state index contributed by atoms with van der Waals surface area (Å²) >= 11 is 3.43. The van der Waals surface area contributed by atoms with Crippen molar-refractivity contribution in [3.63, 3.8) is 0 Å². The number of rotatable bonds is 4. The molecule has 1 aliphatic heterocycles. The van der Waals surface area contributed by atoms with Gasteiger partial charge >= 0.3 is 0 Å². The second kappa shape index (κ2) is 7.30. The molecule has 1 aliphatic rings. The summed E-state index contributed by atoms with van der Waals surface area (Å²) in [6, 6.07) is 14.9. The Morgan fingerprint density at radius 2 is 1.84 bits per heavy atom. The van der Waals surface area contributed by atoms with Crippen molar-refractivity contribution in [3.05, 3.63) is 69.7 Å². The lowest BCUT2D eigenvalue weighted by molar-refractivity contribution is 0.0680. The third kappa shape index (κ3) is 4.30. The van der Waals surface area contributed by atoms with E-state index in [0.29, 0.717) is 18.5 Å². The average molecular weight is 422 g/mol. The molecule has 0 N–H and O–H groups in total. The summed E-state index contributed by atoms with van der Waals surface area (Å²) in [5.41, 5.74) is 2.70. The Morgan fingerprint density at radius 3 is 2.44 bits per heavy atom. The maximum absolute atomic E-state index is 13.1. The highest BCUT2D eigenvalue weighted by Gasteiger charge is 2.35. The Bertz CT molecular complexity index is 878. The topological polar surface area (TPSA) is 54.5 Å². The Kier molecular flexibility index (Phi) is 5.29. The SMILES string of the molecule is Cc1ccc(CN(C(=O)c2ccccc2Br)[C@H]2CCS(=O)(=O)C2)cc1. The minimum absolute atomic E-state index is 0.0368. The van der Waals surface area contributed by atoms with Gasteiger partial charge in [0.1, 0.15) is 0 Å². The van der Waals surface area contributed by atoms with Crippen LogP contribution in [0.3, 0.4) is 0 Å². The van der Waals surface area contributed by atoms with Gasteiger partial charge in [-0.25, -0.2) is 8.42 Å². The van der Waals surface area contributed by atoms with Gasteiger partial charge in [-0.15, -0.1) is 0 Å². The van der Waals surface area contributed by atoms with E-state index in [2.05, 4.69) is 15.9 Å². The number of benzene rings is 2. The van der Waals surface area contributed by atoms with Crippen LogP contribution in [0.25, 0.3) is 0 Å². The normalized spacial score (nSPS) is 18.9. The number of nitrogens with zero attached hydrogens (tertiary/aromatic N) is 1. The van der Waals surface area contributed by atoms with Crippen molar-refractivity contribution in [2.45, 2.75) is 25.9 Å². The Labute approximate surface area is 156 Å². The van der Waals surface area contributed by atoms with Crippen molar-refractivity contribution in [1.29, 1.82) is 0 Å². The highest BCUT2D eigenvalue weighted by Crippen LogP contribution is 2.25. The van der Waals surface area contributed by atoms with Gasteiger partial charge in [0.05, 0.1) is 17.1 Å². The number of carbonyl (C=O) groups excluding carboxylic acids is 1. The second-order valence-electron chi connectivity index (χ2n) is 6.46.